The molecule has 2 heterocycles. The van der Waals surface area contributed by atoms with E-state index in [0.717, 1.165) is 50.5 Å². The number of benzene rings is 1. The SMILES string of the molecule is CC[C@@H](NCc1cccnc1N1CCN(C)CC1)c1ccccc1O. The van der Waals surface area contributed by atoms with E-state index in [1.165, 1.54) is 5.56 Å². The number of nitrogens with zero attached hydrogens (tertiary/aromatic N) is 3. The van der Waals surface area contributed by atoms with Gasteiger partial charge in [-0.2, -0.15) is 0 Å². The van der Waals surface area contributed by atoms with E-state index in [4.69, 9.17) is 0 Å². The lowest BCUT2D eigenvalue weighted by Gasteiger charge is -2.34. The summed E-state index contributed by atoms with van der Waals surface area (Å²) < 4.78 is 0. The summed E-state index contributed by atoms with van der Waals surface area (Å²) in [7, 11) is 2.16. The van der Waals surface area contributed by atoms with E-state index in [1.807, 2.05) is 30.5 Å². The van der Waals surface area contributed by atoms with Crippen LogP contribution in [0, 0.1) is 0 Å². The topological polar surface area (TPSA) is 51.6 Å². The van der Waals surface area contributed by atoms with Crippen molar-refractivity contribution >= 4 is 5.82 Å². The molecule has 1 atom stereocenters. The summed E-state index contributed by atoms with van der Waals surface area (Å²) in [6, 6.07) is 11.8. The maximum Gasteiger partial charge on any atom is 0.133 e. The van der Waals surface area contributed by atoms with E-state index in [9.17, 15) is 5.11 Å². The van der Waals surface area contributed by atoms with Gasteiger partial charge < -0.3 is 20.2 Å². The van der Waals surface area contributed by atoms with Crippen molar-refractivity contribution in [1.29, 1.82) is 0 Å². The maximum absolute atomic E-state index is 10.1. The molecule has 3 rings (SSSR count). The fraction of sp³-hybridized carbons (Fsp3) is 0.450. The van der Waals surface area contributed by atoms with Gasteiger partial charge in [-0.1, -0.05) is 31.2 Å². The lowest BCUT2D eigenvalue weighted by molar-refractivity contribution is 0.311. The van der Waals surface area contributed by atoms with Crippen molar-refractivity contribution in [3.05, 3.63) is 53.7 Å². The van der Waals surface area contributed by atoms with Crippen LogP contribution < -0.4 is 10.2 Å². The normalized spacial score (nSPS) is 16.8. The van der Waals surface area contributed by atoms with Gasteiger partial charge in [0.25, 0.3) is 0 Å². The van der Waals surface area contributed by atoms with Gasteiger partial charge in [0, 0.05) is 56.1 Å². The molecule has 25 heavy (non-hydrogen) atoms. The average molecular weight is 340 g/mol. The summed E-state index contributed by atoms with van der Waals surface area (Å²) >= 11 is 0. The molecule has 0 radical (unpaired) electrons. The van der Waals surface area contributed by atoms with Crippen molar-refractivity contribution in [1.82, 2.24) is 15.2 Å². The van der Waals surface area contributed by atoms with Crippen molar-refractivity contribution in [2.24, 2.45) is 0 Å². The van der Waals surface area contributed by atoms with E-state index < -0.39 is 0 Å². The second kappa shape index (κ2) is 8.32. The number of likely N-dealkylation sites (N-methyl/N-ethyl adjacent to an activating group) is 1. The lowest BCUT2D eigenvalue weighted by Crippen LogP contribution is -2.45. The first-order valence-corrected chi connectivity index (χ1v) is 9.07. The first-order chi connectivity index (χ1) is 12.2. The van der Waals surface area contributed by atoms with Gasteiger partial charge in [-0.25, -0.2) is 4.98 Å². The Kier molecular flexibility index (Phi) is 5.89. The number of hydrogen-bond donors (Lipinski definition) is 2. The molecule has 1 aliphatic heterocycles. The molecule has 134 valence electrons. The molecule has 0 spiro atoms. The summed E-state index contributed by atoms with van der Waals surface area (Å²) in [4.78, 5) is 9.36. The van der Waals surface area contributed by atoms with Gasteiger partial charge in [0.05, 0.1) is 0 Å². The first kappa shape index (κ1) is 17.7. The highest BCUT2D eigenvalue weighted by atomic mass is 16.3. The Labute approximate surface area is 150 Å². The van der Waals surface area contributed by atoms with Crippen LogP contribution in [0.25, 0.3) is 0 Å². The molecule has 0 unspecified atom stereocenters. The van der Waals surface area contributed by atoms with Gasteiger partial charge in [0.2, 0.25) is 0 Å². The van der Waals surface area contributed by atoms with Gasteiger partial charge in [0.15, 0.2) is 0 Å². The van der Waals surface area contributed by atoms with Gasteiger partial charge in [-0.15, -0.1) is 0 Å². The van der Waals surface area contributed by atoms with Crippen LogP contribution in [0.5, 0.6) is 5.75 Å². The summed E-state index contributed by atoms with van der Waals surface area (Å²) in [6.07, 6.45) is 2.79. The molecule has 1 aromatic heterocycles. The molecule has 1 aliphatic rings. The molecule has 0 saturated carbocycles. The third-order valence-electron chi connectivity index (χ3n) is 4.93. The Morgan fingerprint density at radius 2 is 1.88 bits per heavy atom. The maximum atomic E-state index is 10.1. The lowest BCUT2D eigenvalue weighted by atomic mass is 10.0. The highest BCUT2D eigenvalue weighted by Crippen LogP contribution is 2.27. The fourth-order valence-electron chi connectivity index (χ4n) is 3.36. The zero-order valence-corrected chi connectivity index (χ0v) is 15.2. The molecule has 2 N–H and O–H groups in total. The number of hydrogen-bond acceptors (Lipinski definition) is 5. The minimum absolute atomic E-state index is 0.127. The molecule has 5 nitrogen and oxygen atoms in total. The number of phenols is 1. The summed E-state index contributed by atoms with van der Waals surface area (Å²) in [5, 5.41) is 13.7. The highest BCUT2D eigenvalue weighted by Gasteiger charge is 2.19. The van der Waals surface area contributed by atoms with Crippen LogP contribution in [0.1, 0.15) is 30.5 Å². The van der Waals surface area contributed by atoms with Crippen LogP contribution in [-0.4, -0.2) is 48.2 Å². The van der Waals surface area contributed by atoms with Crippen LogP contribution in [-0.2, 0) is 6.54 Å². The van der Waals surface area contributed by atoms with Gasteiger partial charge in [-0.3, -0.25) is 0 Å². The van der Waals surface area contributed by atoms with E-state index in [0.29, 0.717) is 5.75 Å². The number of aromatic nitrogens is 1. The zero-order chi connectivity index (χ0) is 17.6. The van der Waals surface area contributed by atoms with Crippen molar-refractivity contribution in [2.75, 3.05) is 38.1 Å². The second-order valence-electron chi connectivity index (χ2n) is 6.68. The summed E-state index contributed by atoms with van der Waals surface area (Å²) in [5.74, 6) is 1.43. The van der Waals surface area contributed by atoms with Crippen molar-refractivity contribution in [3.63, 3.8) is 0 Å². The molecule has 0 bridgehead atoms. The number of anilines is 1. The number of piperazine rings is 1. The number of nitrogens with one attached hydrogen (secondary N) is 1. The molecular weight excluding hydrogens is 312 g/mol. The number of phenolic OH excluding ortho intramolecular Hbond substituents is 1. The minimum Gasteiger partial charge on any atom is -0.508 e. The van der Waals surface area contributed by atoms with Crippen molar-refractivity contribution < 1.29 is 5.11 Å². The molecule has 1 saturated heterocycles. The third kappa shape index (κ3) is 4.30. The zero-order valence-electron chi connectivity index (χ0n) is 15.2. The van der Waals surface area contributed by atoms with Gasteiger partial charge >= 0.3 is 0 Å². The predicted molar refractivity (Wildman–Crippen MR) is 102 cm³/mol. The molecule has 1 aromatic carbocycles. The first-order valence-electron chi connectivity index (χ1n) is 9.07. The Bertz CT molecular complexity index is 683. The van der Waals surface area contributed by atoms with E-state index >= 15 is 0 Å². The van der Waals surface area contributed by atoms with E-state index in [-0.39, 0.29) is 6.04 Å². The smallest absolute Gasteiger partial charge is 0.133 e. The number of para-hydroxylation sites is 1. The quantitative estimate of drug-likeness (QED) is 0.847. The van der Waals surface area contributed by atoms with Crippen LogP contribution in [0.3, 0.4) is 0 Å². The van der Waals surface area contributed by atoms with Crippen LogP contribution >= 0.6 is 0 Å². The predicted octanol–water partition coefficient (Wildman–Crippen LogP) is 2.78. The molecule has 0 aliphatic carbocycles. The van der Waals surface area contributed by atoms with Crippen LogP contribution in [0.2, 0.25) is 0 Å². The second-order valence-corrected chi connectivity index (χ2v) is 6.68. The van der Waals surface area contributed by atoms with E-state index in [1.54, 1.807) is 6.07 Å². The Balaban J connectivity index is 1.71. The largest absolute Gasteiger partial charge is 0.508 e. The molecule has 1 fully saturated rings. The number of aromatic hydroxyl groups is 1. The van der Waals surface area contributed by atoms with Crippen LogP contribution in [0.15, 0.2) is 42.6 Å². The summed E-state index contributed by atoms with van der Waals surface area (Å²) in [6.45, 7) is 7.03. The van der Waals surface area contributed by atoms with Crippen LogP contribution in [0.4, 0.5) is 5.82 Å². The van der Waals surface area contributed by atoms with Gasteiger partial charge in [-0.05, 0) is 25.6 Å². The molecule has 5 heteroatoms. The Morgan fingerprint density at radius 3 is 2.60 bits per heavy atom. The van der Waals surface area contributed by atoms with E-state index in [2.05, 4.69) is 40.1 Å². The molecule has 0 amide bonds. The van der Waals surface area contributed by atoms with Crippen molar-refractivity contribution in [3.8, 4) is 5.75 Å². The standard InChI is InChI=1S/C20H28N4O/c1-3-18(17-8-4-5-9-19(17)25)22-15-16-7-6-10-21-20(16)24-13-11-23(2)12-14-24/h4-10,18,22,25H,3,11-15H2,1-2H3/t18-/m1/s1. The summed E-state index contributed by atoms with van der Waals surface area (Å²) in [5.41, 5.74) is 2.16. The molecule has 2 aromatic rings. The van der Waals surface area contributed by atoms with Crippen molar-refractivity contribution in [2.45, 2.75) is 25.9 Å². The fourth-order valence-corrected chi connectivity index (χ4v) is 3.36. The Hall–Kier alpha value is -2.11. The Morgan fingerprint density at radius 1 is 1.12 bits per heavy atom. The average Bonchev–Trinajstić information content (AvgIpc) is 2.64. The monoisotopic (exact) mass is 340 g/mol. The number of pyridine rings is 1. The minimum atomic E-state index is 0.127. The number of rotatable bonds is 6. The highest BCUT2D eigenvalue weighted by molar-refractivity contribution is 5.47. The van der Waals surface area contributed by atoms with Gasteiger partial charge in [0.1, 0.15) is 11.6 Å². The molecular formula is C20H28N4O. The third-order valence-corrected chi connectivity index (χ3v) is 4.93.